The molecule has 2 N–H and O–H groups in total. The highest BCUT2D eigenvalue weighted by Gasteiger charge is 2.25. The van der Waals surface area contributed by atoms with Gasteiger partial charge in [0.05, 0.1) is 0 Å². The van der Waals surface area contributed by atoms with Crippen molar-refractivity contribution in [3.63, 3.8) is 0 Å². The number of aryl methyl sites for hydroxylation is 1. The number of aromatic nitrogens is 1. The highest BCUT2D eigenvalue weighted by Crippen LogP contribution is 2.14. The Labute approximate surface area is 94.1 Å². The van der Waals surface area contributed by atoms with Gasteiger partial charge in [-0.05, 0) is 25.0 Å². The number of pyridine rings is 1. The van der Waals surface area contributed by atoms with Gasteiger partial charge in [-0.2, -0.15) is 0 Å². The molecular weight excluding hydrogens is 206 g/mol. The summed E-state index contributed by atoms with van der Waals surface area (Å²) < 4.78 is 0. The Kier molecular flexibility index (Phi) is 2.94. The van der Waals surface area contributed by atoms with Crippen molar-refractivity contribution >= 4 is 11.9 Å². The second-order valence-electron chi connectivity index (χ2n) is 4.08. The quantitative estimate of drug-likeness (QED) is 0.795. The molecule has 2 rings (SSSR count). The van der Waals surface area contributed by atoms with Crippen LogP contribution < -0.4 is 5.32 Å². The molecule has 1 aliphatic rings. The normalized spacial score (nSPS) is 19.8. The zero-order valence-electron chi connectivity index (χ0n) is 9.18. The number of nitrogens with one attached hydrogen (secondary N) is 1. The molecule has 0 unspecified atom stereocenters. The minimum Gasteiger partial charge on any atom is -0.465 e. The van der Waals surface area contributed by atoms with Gasteiger partial charge in [0.1, 0.15) is 5.82 Å². The van der Waals surface area contributed by atoms with Gasteiger partial charge >= 0.3 is 6.09 Å². The van der Waals surface area contributed by atoms with Crippen LogP contribution >= 0.6 is 0 Å². The first kappa shape index (κ1) is 10.7. The standard InChI is InChI=1S/C11H15N3O2/c1-8-2-3-10(12-6-8)13-9-4-5-14(7-9)11(15)16/h2-3,6,9H,4-5,7H2,1H3,(H,12,13)(H,15,16)/t9-/m1/s1. The molecule has 1 aromatic rings. The number of nitrogens with zero attached hydrogens (tertiary/aromatic N) is 2. The van der Waals surface area contributed by atoms with Gasteiger partial charge in [-0.1, -0.05) is 6.07 Å². The molecule has 1 aromatic heterocycles. The van der Waals surface area contributed by atoms with Gasteiger partial charge in [-0.3, -0.25) is 0 Å². The van der Waals surface area contributed by atoms with Gasteiger partial charge in [0.15, 0.2) is 0 Å². The molecule has 16 heavy (non-hydrogen) atoms. The molecule has 0 bridgehead atoms. The number of carbonyl (C=O) groups is 1. The Morgan fingerprint density at radius 3 is 3.00 bits per heavy atom. The van der Waals surface area contributed by atoms with Crippen molar-refractivity contribution in [3.8, 4) is 0 Å². The summed E-state index contributed by atoms with van der Waals surface area (Å²) in [5, 5.41) is 12.1. The van der Waals surface area contributed by atoms with Crippen LogP contribution in [-0.2, 0) is 0 Å². The fraction of sp³-hybridized carbons (Fsp3) is 0.455. The van der Waals surface area contributed by atoms with Crippen LogP contribution in [0.3, 0.4) is 0 Å². The summed E-state index contributed by atoms with van der Waals surface area (Å²) in [5.41, 5.74) is 1.11. The van der Waals surface area contributed by atoms with Crippen LogP contribution in [0.15, 0.2) is 18.3 Å². The number of hydrogen-bond acceptors (Lipinski definition) is 3. The summed E-state index contributed by atoms with van der Waals surface area (Å²) in [6.07, 6.45) is 1.79. The molecule has 1 saturated heterocycles. The molecule has 0 aliphatic carbocycles. The van der Waals surface area contributed by atoms with Crippen molar-refractivity contribution in [2.45, 2.75) is 19.4 Å². The third-order valence-corrected chi connectivity index (χ3v) is 2.72. The summed E-state index contributed by atoms with van der Waals surface area (Å²) >= 11 is 0. The van der Waals surface area contributed by atoms with E-state index in [1.54, 1.807) is 6.20 Å². The first-order valence-corrected chi connectivity index (χ1v) is 5.32. The maximum absolute atomic E-state index is 10.7. The first-order chi connectivity index (χ1) is 7.65. The molecule has 0 spiro atoms. The number of amides is 1. The predicted molar refractivity (Wildman–Crippen MR) is 60.6 cm³/mol. The zero-order chi connectivity index (χ0) is 11.5. The van der Waals surface area contributed by atoms with Gasteiger partial charge in [0.2, 0.25) is 0 Å². The van der Waals surface area contributed by atoms with E-state index in [4.69, 9.17) is 5.11 Å². The van der Waals surface area contributed by atoms with Gasteiger partial charge in [0, 0.05) is 25.3 Å². The van der Waals surface area contributed by atoms with E-state index in [2.05, 4.69) is 10.3 Å². The second kappa shape index (κ2) is 4.38. The van der Waals surface area contributed by atoms with E-state index in [-0.39, 0.29) is 6.04 Å². The Balaban J connectivity index is 1.92. The molecule has 0 saturated carbocycles. The molecule has 5 heteroatoms. The molecular formula is C11H15N3O2. The van der Waals surface area contributed by atoms with Gasteiger partial charge < -0.3 is 15.3 Å². The summed E-state index contributed by atoms with van der Waals surface area (Å²) in [6.45, 7) is 3.11. The van der Waals surface area contributed by atoms with Crippen molar-refractivity contribution in [2.24, 2.45) is 0 Å². The van der Waals surface area contributed by atoms with E-state index in [0.29, 0.717) is 13.1 Å². The third-order valence-electron chi connectivity index (χ3n) is 2.72. The van der Waals surface area contributed by atoms with Crippen molar-refractivity contribution in [1.29, 1.82) is 0 Å². The fourth-order valence-electron chi connectivity index (χ4n) is 1.81. The van der Waals surface area contributed by atoms with Gasteiger partial charge in [-0.25, -0.2) is 9.78 Å². The summed E-state index contributed by atoms with van der Waals surface area (Å²) in [5.74, 6) is 0.808. The molecule has 86 valence electrons. The fourth-order valence-corrected chi connectivity index (χ4v) is 1.81. The molecule has 0 aromatic carbocycles. The van der Waals surface area contributed by atoms with E-state index in [1.165, 1.54) is 4.90 Å². The monoisotopic (exact) mass is 221 g/mol. The number of anilines is 1. The molecule has 5 nitrogen and oxygen atoms in total. The van der Waals surface area contributed by atoms with Crippen LogP contribution in [0.5, 0.6) is 0 Å². The molecule has 2 heterocycles. The second-order valence-corrected chi connectivity index (χ2v) is 4.08. The topological polar surface area (TPSA) is 65.5 Å². The Morgan fingerprint density at radius 1 is 1.62 bits per heavy atom. The Bertz CT molecular complexity index is 377. The van der Waals surface area contributed by atoms with Crippen LogP contribution in [0.2, 0.25) is 0 Å². The molecule has 1 atom stereocenters. The van der Waals surface area contributed by atoms with Crippen LogP contribution in [0, 0.1) is 6.92 Å². The third kappa shape index (κ3) is 2.42. The minimum atomic E-state index is -0.846. The number of rotatable bonds is 2. The van der Waals surface area contributed by atoms with E-state index in [1.807, 2.05) is 19.1 Å². The van der Waals surface area contributed by atoms with Crippen molar-refractivity contribution in [3.05, 3.63) is 23.9 Å². The highest BCUT2D eigenvalue weighted by molar-refractivity contribution is 5.65. The van der Waals surface area contributed by atoms with Crippen molar-refractivity contribution in [1.82, 2.24) is 9.88 Å². The number of carboxylic acid groups (broad SMARTS) is 1. The van der Waals surface area contributed by atoms with E-state index in [0.717, 1.165) is 17.8 Å². The average molecular weight is 221 g/mol. The van der Waals surface area contributed by atoms with E-state index < -0.39 is 6.09 Å². The Morgan fingerprint density at radius 2 is 2.44 bits per heavy atom. The van der Waals surface area contributed by atoms with Crippen LogP contribution in [-0.4, -0.2) is 40.2 Å². The maximum Gasteiger partial charge on any atom is 0.407 e. The molecule has 1 aliphatic heterocycles. The lowest BCUT2D eigenvalue weighted by Crippen LogP contribution is -2.30. The number of hydrogen-bond donors (Lipinski definition) is 2. The van der Waals surface area contributed by atoms with Crippen LogP contribution in [0.4, 0.5) is 10.6 Å². The lowest BCUT2D eigenvalue weighted by molar-refractivity contribution is 0.155. The lowest BCUT2D eigenvalue weighted by atomic mass is 10.2. The molecule has 1 amide bonds. The maximum atomic E-state index is 10.7. The summed E-state index contributed by atoms with van der Waals surface area (Å²) in [6, 6.07) is 4.07. The summed E-state index contributed by atoms with van der Waals surface area (Å²) in [7, 11) is 0. The van der Waals surface area contributed by atoms with Crippen molar-refractivity contribution in [2.75, 3.05) is 18.4 Å². The van der Waals surface area contributed by atoms with E-state index >= 15 is 0 Å². The Hall–Kier alpha value is -1.78. The minimum absolute atomic E-state index is 0.173. The van der Waals surface area contributed by atoms with Gasteiger partial charge in [-0.15, -0.1) is 0 Å². The SMILES string of the molecule is Cc1ccc(N[C@@H]2CCN(C(=O)O)C2)nc1. The van der Waals surface area contributed by atoms with Gasteiger partial charge in [0.25, 0.3) is 0 Å². The van der Waals surface area contributed by atoms with E-state index in [9.17, 15) is 4.79 Å². The lowest BCUT2D eigenvalue weighted by Gasteiger charge is -2.14. The molecule has 0 radical (unpaired) electrons. The number of likely N-dealkylation sites (tertiary alicyclic amines) is 1. The smallest absolute Gasteiger partial charge is 0.407 e. The summed E-state index contributed by atoms with van der Waals surface area (Å²) in [4.78, 5) is 16.4. The van der Waals surface area contributed by atoms with Crippen LogP contribution in [0.25, 0.3) is 0 Å². The van der Waals surface area contributed by atoms with Crippen LogP contribution in [0.1, 0.15) is 12.0 Å². The first-order valence-electron chi connectivity index (χ1n) is 5.32. The zero-order valence-corrected chi connectivity index (χ0v) is 9.18. The molecule has 1 fully saturated rings. The average Bonchev–Trinajstić information content (AvgIpc) is 2.70. The highest BCUT2D eigenvalue weighted by atomic mass is 16.4. The van der Waals surface area contributed by atoms with Crippen molar-refractivity contribution < 1.29 is 9.90 Å². The predicted octanol–water partition coefficient (Wildman–Crippen LogP) is 1.55. The largest absolute Gasteiger partial charge is 0.465 e.